The smallest absolute Gasteiger partial charge is 0.319 e. The summed E-state index contributed by atoms with van der Waals surface area (Å²) in [6.45, 7) is 11.9. The summed E-state index contributed by atoms with van der Waals surface area (Å²) in [4.78, 5) is 14.2. The summed E-state index contributed by atoms with van der Waals surface area (Å²) in [7, 11) is 0. The Morgan fingerprint density at radius 3 is 2.76 bits per heavy atom. The monoisotopic (exact) mass is 314 g/mol. The highest BCUT2D eigenvalue weighted by Crippen LogP contribution is 2.23. The molecule has 0 aromatic heterocycles. The second-order valence-corrected chi connectivity index (χ2v) is 7.20. The number of urea groups is 1. The van der Waals surface area contributed by atoms with Gasteiger partial charge in [-0.2, -0.15) is 12.6 Å². The molecule has 122 valence electrons. The van der Waals surface area contributed by atoms with E-state index in [1.807, 2.05) is 13.8 Å². The third kappa shape index (κ3) is 6.28. The maximum Gasteiger partial charge on any atom is 0.319 e. The standard InChI is InChI=1S/C15H30N4OS/c1-5-13(21)18-14(20)17-11(2)12-6-7-19(8-12)10-15(3,4)9-16/h13,21H,5-10,16H2,1-4H3,(H2,17,18,20). The largest absolute Gasteiger partial charge is 0.330 e. The van der Waals surface area contributed by atoms with Crippen molar-refractivity contribution in [1.82, 2.24) is 15.5 Å². The van der Waals surface area contributed by atoms with E-state index in [1.165, 1.54) is 5.57 Å². The van der Waals surface area contributed by atoms with Crippen molar-refractivity contribution in [2.45, 2.75) is 45.9 Å². The van der Waals surface area contributed by atoms with Gasteiger partial charge in [0.05, 0.1) is 5.37 Å². The van der Waals surface area contributed by atoms with Crippen molar-refractivity contribution in [1.29, 1.82) is 0 Å². The van der Waals surface area contributed by atoms with Crippen LogP contribution in [0.3, 0.4) is 0 Å². The molecule has 1 rings (SSSR count). The molecule has 1 atom stereocenters. The molecule has 2 amide bonds. The highest BCUT2D eigenvalue weighted by molar-refractivity contribution is 7.80. The van der Waals surface area contributed by atoms with Crippen LogP contribution in [0, 0.1) is 5.41 Å². The van der Waals surface area contributed by atoms with Crippen LogP contribution in [0.25, 0.3) is 0 Å². The van der Waals surface area contributed by atoms with Crippen molar-refractivity contribution < 1.29 is 4.79 Å². The lowest BCUT2D eigenvalue weighted by molar-refractivity contribution is 0.219. The Labute approximate surface area is 134 Å². The van der Waals surface area contributed by atoms with E-state index in [2.05, 4.69) is 42.0 Å². The molecule has 0 spiro atoms. The number of allylic oxidation sites excluding steroid dienone is 1. The van der Waals surface area contributed by atoms with Crippen LogP contribution in [0.15, 0.2) is 11.3 Å². The van der Waals surface area contributed by atoms with E-state index >= 15 is 0 Å². The first-order valence-electron chi connectivity index (χ1n) is 7.64. The summed E-state index contributed by atoms with van der Waals surface area (Å²) < 4.78 is 0. The lowest BCUT2D eigenvalue weighted by atomic mass is 9.93. The number of likely N-dealkylation sites (tertiary alicyclic amines) is 1. The summed E-state index contributed by atoms with van der Waals surface area (Å²) in [5.74, 6) is 0. The molecule has 1 saturated heterocycles. The van der Waals surface area contributed by atoms with Gasteiger partial charge in [0.25, 0.3) is 0 Å². The van der Waals surface area contributed by atoms with Crippen LogP contribution in [0.4, 0.5) is 4.79 Å². The fourth-order valence-electron chi connectivity index (χ4n) is 2.38. The Bertz CT molecular complexity index is 395. The first-order chi connectivity index (χ1) is 9.77. The molecule has 0 aliphatic carbocycles. The van der Waals surface area contributed by atoms with Crippen molar-refractivity contribution in [3.05, 3.63) is 11.3 Å². The molecule has 0 saturated carbocycles. The van der Waals surface area contributed by atoms with Gasteiger partial charge < -0.3 is 16.4 Å². The highest BCUT2D eigenvalue weighted by atomic mass is 32.1. The van der Waals surface area contributed by atoms with E-state index < -0.39 is 0 Å². The average molecular weight is 314 g/mol. The molecule has 1 fully saturated rings. The molecule has 1 unspecified atom stereocenters. The number of carbonyl (C=O) groups is 1. The molecule has 0 aromatic carbocycles. The van der Waals surface area contributed by atoms with Gasteiger partial charge in [-0.25, -0.2) is 4.79 Å². The third-order valence-corrected chi connectivity index (χ3v) is 4.36. The Morgan fingerprint density at radius 2 is 2.19 bits per heavy atom. The van der Waals surface area contributed by atoms with Gasteiger partial charge in [-0.05, 0) is 37.3 Å². The number of carbonyl (C=O) groups excluding carboxylic acids is 1. The van der Waals surface area contributed by atoms with Crippen LogP contribution in [0.1, 0.15) is 40.5 Å². The molecule has 1 aliphatic rings. The number of hydrogen-bond donors (Lipinski definition) is 4. The summed E-state index contributed by atoms with van der Waals surface area (Å²) in [6.07, 6.45) is 1.80. The topological polar surface area (TPSA) is 70.4 Å². The van der Waals surface area contributed by atoms with Crippen LogP contribution in [0.2, 0.25) is 0 Å². The second-order valence-electron chi connectivity index (χ2n) is 6.58. The van der Waals surface area contributed by atoms with Gasteiger partial charge in [0.2, 0.25) is 0 Å². The van der Waals surface area contributed by atoms with E-state index in [-0.39, 0.29) is 16.8 Å². The predicted molar refractivity (Wildman–Crippen MR) is 91.3 cm³/mol. The van der Waals surface area contributed by atoms with Crippen LogP contribution in [0.5, 0.6) is 0 Å². The molecule has 0 aromatic rings. The van der Waals surface area contributed by atoms with E-state index in [0.717, 1.165) is 38.2 Å². The van der Waals surface area contributed by atoms with Gasteiger partial charge in [-0.1, -0.05) is 20.8 Å². The van der Waals surface area contributed by atoms with Crippen LogP contribution < -0.4 is 16.4 Å². The van der Waals surface area contributed by atoms with Crippen molar-refractivity contribution in [2.75, 3.05) is 26.2 Å². The maximum atomic E-state index is 11.8. The zero-order chi connectivity index (χ0) is 16.0. The van der Waals surface area contributed by atoms with E-state index in [4.69, 9.17) is 5.73 Å². The van der Waals surface area contributed by atoms with Crippen LogP contribution in [-0.4, -0.2) is 42.5 Å². The summed E-state index contributed by atoms with van der Waals surface area (Å²) in [5, 5.41) is 5.60. The van der Waals surface area contributed by atoms with Gasteiger partial charge in [-0.3, -0.25) is 4.90 Å². The van der Waals surface area contributed by atoms with Gasteiger partial charge in [0.1, 0.15) is 0 Å². The number of nitrogens with one attached hydrogen (secondary N) is 2. The molecule has 5 nitrogen and oxygen atoms in total. The molecule has 1 heterocycles. The molecule has 0 radical (unpaired) electrons. The molecule has 0 bridgehead atoms. The maximum absolute atomic E-state index is 11.8. The van der Waals surface area contributed by atoms with Gasteiger partial charge in [-0.15, -0.1) is 0 Å². The van der Waals surface area contributed by atoms with E-state index in [1.54, 1.807) is 0 Å². The fourth-order valence-corrected chi connectivity index (χ4v) is 2.50. The quantitative estimate of drug-likeness (QED) is 0.447. The summed E-state index contributed by atoms with van der Waals surface area (Å²) >= 11 is 4.27. The van der Waals surface area contributed by atoms with Crippen molar-refractivity contribution in [3.8, 4) is 0 Å². The minimum Gasteiger partial charge on any atom is -0.330 e. The SMILES string of the molecule is CCC(S)NC(=O)NC(C)=C1CCN(CC(C)(C)CN)C1. The highest BCUT2D eigenvalue weighted by Gasteiger charge is 2.25. The average Bonchev–Trinajstić information content (AvgIpc) is 2.86. The zero-order valence-corrected chi connectivity index (χ0v) is 14.6. The van der Waals surface area contributed by atoms with Crippen molar-refractivity contribution in [3.63, 3.8) is 0 Å². The fraction of sp³-hybridized carbons (Fsp3) is 0.800. The lowest BCUT2D eigenvalue weighted by Crippen LogP contribution is -2.39. The number of nitrogens with zero attached hydrogens (tertiary/aromatic N) is 1. The van der Waals surface area contributed by atoms with Crippen molar-refractivity contribution >= 4 is 18.7 Å². The Balaban J connectivity index is 2.51. The number of thiol groups is 1. The minimum atomic E-state index is -0.178. The molecular weight excluding hydrogens is 284 g/mol. The normalized spacial score (nSPS) is 20.3. The first kappa shape index (κ1) is 18.3. The first-order valence-corrected chi connectivity index (χ1v) is 8.15. The number of hydrogen-bond acceptors (Lipinski definition) is 4. The summed E-state index contributed by atoms with van der Waals surface area (Å²) in [5.41, 5.74) is 8.18. The molecule has 4 N–H and O–H groups in total. The molecule has 21 heavy (non-hydrogen) atoms. The second kappa shape index (κ2) is 8.06. The Morgan fingerprint density at radius 1 is 1.52 bits per heavy atom. The predicted octanol–water partition coefficient (Wildman–Crippen LogP) is 1.92. The van der Waals surface area contributed by atoms with Gasteiger partial charge in [0.15, 0.2) is 0 Å². The van der Waals surface area contributed by atoms with Gasteiger partial charge in [0, 0.05) is 25.3 Å². The Kier molecular flexibility index (Phi) is 7.03. The van der Waals surface area contributed by atoms with Gasteiger partial charge >= 0.3 is 6.03 Å². The lowest BCUT2D eigenvalue weighted by Gasteiger charge is -2.28. The third-order valence-electron chi connectivity index (χ3n) is 3.86. The number of rotatable bonds is 6. The molecule has 1 aliphatic heterocycles. The number of amides is 2. The molecule has 6 heteroatoms. The van der Waals surface area contributed by atoms with Crippen molar-refractivity contribution in [2.24, 2.45) is 11.1 Å². The number of nitrogens with two attached hydrogens (primary N) is 1. The minimum absolute atomic E-state index is 0.103. The Hall–Kier alpha value is -0.720. The van der Waals surface area contributed by atoms with E-state index in [9.17, 15) is 4.79 Å². The zero-order valence-electron chi connectivity index (χ0n) is 13.7. The van der Waals surface area contributed by atoms with Crippen LogP contribution in [-0.2, 0) is 0 Å². The molecular formula is C15H30N4OS. The van der Waals surface area contributed by atoms with Crippen LogP contribution >= 0.6 is 12.6 Å². The summed E-state index contributed by atoms with van der Waals surface area (Å²) in [6, 6.07) is -0.178. The van der Waals surface area contributed by atoms with E-state index in [0.29, 0.717) is 6.54 Å².